The Hall–Kier alpha value is -0.710. The molecule has 0 saturated heterocycles. The Bertz CT molecular complexity index is 333. The van der Waals surface area contributed by atoms with Gasteiger partial charge in [0.05, 0.1) is 7.11 Å². The molecule has 0 bridgehead atoms. The van der Waals surface area contributed by atoms with Crippen LogP contribution in [0.2, 0.25) is 0 Å². The standard InChI is InChI=1S/C13H21NO2S/c1-10(8-15)9-17-13(7-14)11-5-3-4-6-12(11)16-2/h3-6,10,13,15H,7-9,14H2,1-2H3. The fourth-order valence-corrected chi connectivity index (χ4v) is 2.73. The maximum atomic E-state index is 9.02. The van der Waals surface area contributed by atoms with E-state index in [1.54, 1.807) is 18.9 Å². The summed E-state index contributed by atoms with van der Waals surface area (Å²) in [5, 5.41) is 9.24. The van der Waals surface area contributed by atoms with Crippen LogP contribution in [0, 0.1) is 5.92 Å². The van der Waals surface area contributed by atoms with E-state index in [2.05, 4.69) is 0 Å². The second-order valence-corrected chi connectivity index (χ2v) is 5.32. The number of hydrogen-bond donors (Lipinski definition) is 2. The second-order valence-electron chi connectivity index (χ2n) is 4.09. The highest BCUT2D eigenvalue weighted by Gasteiger charge is 2.15. The second kappa shape index (κ2) is 7.58. The molecule has 0 aliphatic rings. The minimum atomic E-state index is 0.218. The number of ether oxygens (including phenoxy) is 1. The summed E-state index contributed by atoms with van der Waals surface area (Å²) < 4.78 is 5.34. The molecule has 0 aliphatic carbocycles. The van der Waals surface area contributed by atoms with Crippen molar-refractivity contribution in [2.24, 2.45) is 11.7 Å². The number of aliphatic hydroxyl groups is 1. The summed E-state index contributed by atoms with van der Waals surface area (Å²) in [6.07, 6.45) is 0. The van der Waals surface area contributed by atoms with Gasteiger partial charge in [0, 0.05) is 24.0 Å². The number of nitrogens with two attached hydrogens (primary N) is 1. The Balaban J connectivity index is 2.72. The van der Waals surface area contributed by atoms with Gasteiger partial charge in [-0.15, -0.1) is 0 Å². The van der Waals surface area contributed by atoms with Gasteiger partial charge in [-0.3, -0.25) is 0 Å². The molecule has 0 amide bonds. The van der Waals surface area contributed by atoms with E-state index >= 15 is 0 Å². The average molecular weight is 255 g/mol. The maximum Gasteiger partial charge on any atom is 0.123 e. The fraction of sp³-hybridized carbons (Fsp3) is 0.538. The zero-order chi connectivity index (χ0) is 12.7. The first-order chi connectivity index (χ1) is 8.22. The van der Waals surface area contributed by atoms with Crippen LogP contribution in [0.4, 0.5) is 0 Å². The van der Waals surface area contributed by atoms with Gasteiger partial charge in [-0.25, -0.2) is 0 Å². The third-order valence-electron chi connectivity index (χ3n) is 2.59. The van der Waals surface area contributed by atoms with Gasteiger partial charge in [-0.05, 0) is 17.7 Å². The van der Waals surface area contributed by atoms with Crippen LogP contribution >= 0.6 is 11.8 Å². The molecule has 0 radical (unpaired) electrons. The van der Waals surface area contributed by atoms with Gasteiger partial charge in [0.15, 0.2) is 0 Å². The van der Waals surface area contributed by atoms with Crippen LogP contribution in [-0.2, 0) is 0 Å². The number of para-hydroxylation sites is 1. The third kappa shape index (κ3) is 4.22. The Morgan fingerprint density at radius 2 is 2.12 bits per heavy atom. The number of benzene rings is 1. The highest BCUT2D eigenvalue weighted by molar-refractivity contribution is 7.99. The van der Waals surface area contributed by atoms with E-state index in [4.69, 9.17) is 15.6 Å². The number of rotatable bonds is 7. The first-order valence-electron chi connectivity index (χ1n) is 5.78. The lowest BCUT2D eigenvalue weighted by molar-refractivity contribution is 0.250. The summed E-state index contributed by atoms with van der Waals surface area (Å²) >= 11 is 1.77. The molecule has 2 unspecified atom stereocenters. The monoisotopic (exact) mass is 255 g/mol. The predicted molar refractivity (Wildman–Crippen MR) is 73.5 cm³/mol. The van der Waals surface area contributed by atoms with E-state index in [1.165, 1.54) is 0 Å². The lowest BCUT2D eigenvalue weighted by Gasteiger charge is -2.19. The summed E-state index contributed by atoms with van der Waals surface area (Å²) in [7, 11) is 1.67. The summed E-state index contributed by atoms with van der Waals surface area (Å²) in [4.78, 5) is 0. The van der Waals surface area contributed by atoms with Crippen molar-refractivity contribution >= 4 is 11.8 Å². The molecule has 0 saturated carbocycles. The maximum absolute atomic E-state index is 9.02. The largest absolute Gasteiger partial charge is 0.496 e. The van der Waals surface area contributed by atoms with Gasteiger partial charge in [0.25, 0.3) is 0 Å². The van der Waals surface area contributed by atoms with Crippen molar-refractivity contribution < 1.29 is 9.84 Å². The van der Waals surface area contributed by atoms with Crippen molar-refractivity contribution in [3.8, 4) is 5.75 Å². The molecule has 17 heavy (non-hydrogen) atoms. The Labute approximate surface area is 107 Å². The van der Waals surface area contributed by atoms with Gasteiger partial charge < -0.3 is 15.6 Å². The lowest BCUT2D eigenvalue weighted by Crippen LogP contribution is -2.13. The highest BCUT2D eigenvalue weighted by atomic mass is 32.2. The predicted octanol–water partition coefficient (Wildman–Crippen LogP) is 2.06. The highest BCUT2D eigenvalue weighted by Crippen LogP contribution is 2.34. The Morgan fingerprint density at radius 3 is 2.71 bits per heavy atom. The van der Waals surface area contributed by atoms with Crippen LogP contribution in [-0.4, -0.2) is 31.1 Å². The summed E-state index contributed by atoms with van der Waals surface area (Å²) in [5.41, 5.74) is 6.95. The van der Waals surface area contributed by atoms with Gasteiger partial charge in [-0.2, -0.15) is 11.8 Å². The van der Waals surface area contributed by atoms with Crippen LogP contribution < -0.4 is 10.5 Å². The van der Waals surface area contributed by atoms with Crippen molar-refractivity contribution in [1.29, 1.82) is 0 Å². The molecule has 1 rings (SSSR count). The third-order valence-corrected chi connectivity index (χ3v) is 4.20. The zero-order valence-electron chi connectivity index (χ0n) is 10.4. The molecular weight excluding hydrogens is 234 g/mol. The van der Waals surface area contributed by atoms with Crippen molar-refractivity contribution in [3.63, 3.8) is 0 Å². The van der Waals surface area contributed by atoms with E-state index in [1.807, 2.05) is 31.2 Å². The number of thioether (sulfide) groups is 1. The molecule has 0 spiro atoms. The minimum absolute atomic E-state index is 0.218. The van der Waals surface area contributed by atoms with E-state index in [0.29, 0.717) is 12.5 Å². The van der Waals surface area contributed by atoms with Crippen LogP contribution in [0.3, 0.4) is 0 Å². The van der Waals surface area contributed by atoms with Crippen LogP contribution in [0.15, 0.2) is 24.3 Å². The molecule has 1 aromatic rings. The fourth-order valence-electron chi connectivity index (χ4n) is 1.55. The number of aliphatic hydroxyl groups excluding tert-OH is 1. The smallest absolute Gasteiger partial charge is 0.123 e. The molecule has 0 aliphatic heterocycles. The summed E-state index contributed by atoms with van der Waals surface area (Å²) in [6, 6.07) is 7.95. The molecule has 2 atom stereocenters. The minimum Gasteiger partial charge on any atom is -0.496 e. The van der Waals surface area contributed by atoms with Gasteiger partial charge in [0.2, 0.25) is 0 Å². The molecule has 4 heteroatoms. The molecule has 3 N–H and O–H groups in total. The van der Waals surface area contributed by atoms with Crippen molar-refractivity contribution in [3.05, 3.63) is 29.8 Å². The first kappa shape index (κ1) is 14.4. The topological polar surface area (TPSA) is 55.5 Å². The number of hydrogen-bond acceptors (Lipinski definition) is 4. The molecule has 0 aromatic heterocycles. The van der Waals surface area contributed by atoms with Crippen LogP contribution in [0.25, 0.3) is 0 Å². The molecule has 3 nitrogen and oxygen atoms in total. The lowest BCUT2D eigenvalue weighted by atomic mass is 10.1. The molecule has 0 heterocycles. The SMILES string of the molecule is COc1ccccc1C(CN)SCC(C)CO. The van der Waals surface area contributed by atoms with E-state index in [-0.39, 0.29) is 11.9 Å². The van der Waals surface area contributed by atoms with E-state index < -0.39 is 0 Å². The van der Waals surface area contributed by atoms with E-state index in [0.717, 1.165) is 17.1 Å². The summed E-state index contributed by atoms with van der Waals surface area (Å²) in [5.74, 6) is 2.08. The Kier molecular flexibility index (Phi) is 6.40. The van der Waals surface area contributed by atoms with Gasteiger partial charge in [0.1, 0.15) is 5.75 Å². The summed E-state index contributed by atoms with van der Waals surface area (Å²) in [6.45, 7) is 2.82. The first-order valence-corrected chi connectivity index (χ1v) is 6.83. The van der Waals surface area contributed by atoms with Crippen molar-refractivity contribution in [2.45, 2.75) is 12.2 Å². The average Bonchev–Trinajstić information content (AvgIpc) is 2.39. The van der Waals surface area contributed by atoms with Crippen molar-refractivity contribution in [1.82, 2.24) is 0 Å². The zero-order valence-corrected chi connectivity index (χ0v) is 11.2. The Morgan fingerprint density at radius 1 is 1.41 bits per heavy atom. The molecular formula is C13H21NO2S. The number of methoxy groups -OCH3 is 1. The van der Waals surface area contributed by atoms with Gasteiger partial charge in [-0.1, -0.05) is 25.1 Å². The normalized spacial score (nSPS) is 14.4. The molecule has 0 fully saturated rings. The van der Waals surface area contributed by atoms with Crippen molar-refractivity contribution in [2.75, 3.05) is 26.0 Å². The van der Waals surface area contributed by atoms with Crippen LogP contribution in [0.5, 0.6) is 5.75 Å². The molecule has 1 aromatic carbocycles. The van der Waals surface area contributed by atoms with Crippen LogP contribution in [0.1, 0.15) is 17.7 Å². The quantitative estimate of drug-likeness (QED) is 0.783. The molecule has 96 valence electrons. The van der Waals surface area contributed by atoms with Gasteiger partial charge >= 0.3 is 0 Å². The van der Waals surface area contributed by atoms with E-state index in [9.17, 15) is 0 Å².